The topological polar surface area (TPSA) is 319 Å². The molecule has 0 spiro atoms. The van der Waals surface area contributed by atoms with Gasteiger partial charge in [0.25, 0.3) is 0 Å². The van der Waals surface area contributed by atoms with Crippen LogP contribution in [0.3, 0.4) is 0 Å². The van der Waals surface area contributed by atoms with Gasteiger partial charge in [0.15, 0.2) is 23.1 Å². The van der Waals surface area contributed by atoms with E-state index in [9.17, 15) is 19.2 Å². The summed E-state index contributed by atoms with van der Waals surface area (Å²) in [4.78, 5) is 106. The van der Waals surface area contributed by atoms with Crippen LogP contribution in [0.5, 0.6) is 0 Å². The second-order valence-electron chi connectivity index (χ2n) is 38.9. The van der Waals surface area contributed by atoms with Gasteiger partial charge < -0.3 is 42.5 Å². The van der Waals surface area contributed by atoms with Crippen LogP contribution in [-0.2, 0) is 0 Å². The molecule has 0 unspecified atom stereocenters. The predicted octanol–water partition coefficient (Wildman–Crippen LogP) is 24.0. The van der Waals surface area contributed by atoms with Gasteiger partial charge in [-0.05, 0) is 272 Å². The van der Waals surface area contributed by atoms with E-state index in [1.165, 1.54) is 51.4 Å². The number of aromatic nitrogens is 12. The van der Waals surface area contributed by atoms with Gasteiger partial charge >= 0.3 is 0 Å². The van der Waals surface area contributed by atoms with E-state index in [1.54, 1.807) is 74.4 Å². The lowest BCUT2D eigenvalue weighted by Gasteiger charge is -2.37. The van der Waals surface area contributed by atoms with E-state index in [1.807, 2.05) is 97.1 Å². The summed E-state index contributed by atoms with van der Waals surface area (Å²) >= 11 is 0. The molecule has 664 valence electrons. The molecule has 0 amide bonds. The Hall–Kier alpha value is -12.1. The van der Waals surface area contributed by atoms with Gasteiger partial charge in [-0.3, -0.25) is 39.1 Å². The molecule has 0 bridgehead atoms. The van der Waals surface area contributed by atoms with Crippen molar-refractivity contribution in [1.29, 1.82) is 0 Å². The summed E-state index contributed by atoms with van der Waals surface area (Å²) in [6.45, 7) is 18.4. The van der Waals surface area contributed by atoms with Gasteiger partial charge in [-0.1, -0.05) is 55.4 Å². The average Bonchev–Trinajstić information content (AvgIpc) is 1.78. The van der Waals surface area contributed by atoms with Crippen LogP contribution < -0.4 is 42.5 Å². The normalized spacial score (nSPS) is 20.6. The number of nitrogens with one attached hydrogen (secondary N) is 8. The van der Waals surface area contributed by atoms with Gasteiger partial charge in [0, 0.05) is 170 Å². The number of hydrogen-bond acceptors (Lipinski definition) is 24. The first-order valence-electron chi connectivity index (χ1n) is 47.3. The van der Waals surface area contributed by atoms with Crippen LogP contribution in [0.4, 0.5) is 69.3 Å². The zero-order valence-electron chi connectivity index (χ0n) is 75.4. The SMILES string of the molecule is CC(C)C1CC(CC(=O)c2cnc(Nc3ccc4cnccc4n3)cc2NC2CC2)C1.CC(C)C1CC(CC(=O)c2cnc(Nc3ccc4cnccc4n3)cc2NC2CC2)C1.CC(C)C1CCC(CC(=O)c2cnc(Nc3ccc4cnccc4n3)cc2NC2CC2)CC1.CC(C)C1CCC(CC(=O)c2cnc(Nc3ccc4cnccc4n3)cc2NC2CC2)CC1. The Kier molecular flexibility index (Phi) is 27.8. The Labute approximate surface area is 751 Å². The molecule has 12 heterocycles. The van der Waals surface area contributed by atoms with Crippen LogP contribution in [0.15, 0.2) is 171 Å². The Balaban J connectivity index is 0.000000120. The van der Waals surface area contributed by atoms with E-state index in [-0.39, 0.29) is 23.1 Å². The molecule has 0 atom stereocenters. The minimum atomic E-state index is 0.200. The maximum atomic E-state index is 13.2. The molecule has 0 aliphatic heterocycles. The lowest BCUT2D eigenvalue weighted by molar-refractivity contribution is 0.0839. The zero-order valence-corrected chi connectivity index (χ0v) is 75.4. The molecule has 0 saturated heterocycles. The zero-order chi connectivity index (χ0) is 88.3. The maximum Gasteiger partial charge on any atom is 0.166 e. The highest BCUT2D eigenvalue weighted by Crippen LogP contribution is 2.45. The summed E-state index contributed by atoms with van der Waals surface area (Å²) in [7, 11) is 0. The molecule has 20 rings (SSSR count). The molecule has 128 heavy (non-hydrogen) atoms. The Morgan fingerprint density at radius 1 is 0.273 bits per heavy atom. The van der Waals surface area contributed by atoms with E-state index in [2.05, 4.69) is 158 Å². The fourth-order valence-electron chi connectivity index (χ4n) is 18.5. The third-order valence-electron chi connectivity index (χ3n) is 27.5. The highest BCUT2D eigenvalue weighted by Gasteiger charge is 2.37. The number of carbonyl (C=O) groups is 4. The van der Waals surface area contributed by atoms with E-state index in [4.69, 9.17) is 0 Å². The molecule has 24 heteroatoms. The van der Waals surface area contributed by atoms with Crippen molar-refractivity contribution in [3.63, 3.8) is 0 Å². The Bertz CT molecular complexity index is 5540. The van der Waals surface area contributed by atoms with Crippen molar-refractivity contribution < 1.29 is 19.2 Å². The number of pyridine rings is 12. The summed E-state index contributed by atoms with van der Waals surface area (Å²) in [5, 5.41) is 31.3. The highest BCUT2D eigenvalue weighted by atomic mass is 16.1. The number of anilines is 12. The average molecular weight is 1720 g/mol. The third-order valence-corrected chi connectivity index (χ3v) is 27.5. The Morgan fingerprint density at radius 2 is 0.508 bits per heavy atom. The van der Waals surface area contributed by atoms with E-state index >= 15 is 0 Å². The van der Waals surface area contributed by atoms with Crippen LogP contribution in [-0.4, -0.2) is 107 Å². The van der Waals surface area contributed by atoms with Gasteiger partial charge in [-0.25, -0.2) is 39.9 Å². The molecule has 8 saturated carbocycles. The van der Waals surface area contributed by atoms with E-state index < -0.39 is 0 Å². The number of carbonyl (C=O) groups excluding carboxylic acids is 4. The number of rotatable bonds is 32. The highest BCUT2D eigenvalue weighted by molar-refractivity contribution is 6.04. The lowest BCUT2D eigenvalue weighted by atomic mass is 9.67. The fourth-order valence-corrected chi connectivity index (χ4v) is 18.5. The molecular formula is C104H124N20O4. The molecular weight excluding hydrogens is 1590 g/mol. The first-order chi connectivity index (χ1) is 62.2. The summed E-state index contributed by atoms with van der Waals surface area (Å²) < 4.78 is 0. The van der Waals surface area contributed by atoms with Gasteiger partial charge in [-0.15, -0.1) is 0 Å². The monoisotopic (exact) mass is 1720 g/mol. The smallest absolute Gasteiger partial charge is 0.166 e. The largest absolute Gasteiger partial charge is 0.382 e. The number of fused-ring (bicyclic) bond motifs is 4. The molecule has 8 N–H and O–H groups in total. The third kappa shape index (κ3) is 23.6. The maximum absolute atomic E-state index is 13.2. The van der Waals surface area contributed by atoms with Crippen molar-refractivity contribution in [2.75, 3.05) is 42.5 Å². The first-order valence-corrected chi connectivity index (χ1v) is 47.3. The quantitative estimate of drug-likeness (QED) is 0.0182. The van der Waals surface area contributed by atoms with Gasteiger partial charge in [0.2, 0.25) is 0 Å². The molecule has 12 aromatic heterocycles. The second-order valence-corrected chi connectivity index (χ2v) is 38.9. The minimum absolute atomic E-state index is 0.200. The molecule has 24 nitrogen and oxygen atoms in total. The van der Waals surface area contributed by atoms with E-state index in [0.29, 0.717) is 120 Å². The number of Topliss-reactive ketones (excluding diaryl/α,β-unsaturated/α-hetero) is 4. The van der Waals surface area contributed by atoms with Crippen molar-refractivity contribution in [2.24, 2.45) is 71.0 Å². The summed E-state index contributed by atoms with van der Waals surface area (Å²) in [5.74, 6) is 14.6. The van der Waals surface area contributed by atoms with Crippen molar-refractivity contribution >= 4 is 136 Å². The molecule has 12 aromatic rings. The van der Waals surface area contributed by atoms with Gasteiger partial charge in [-0.2, -0.15) is 0 Å². The lowest BCUT2D eigenvalue weighted by Crippen LogP contribution is -2.29. The Morgan fingerprint density at radius 3 is 0.734 bits per heavy atom. The molecule has 0 aromatic carbocycles. The van der Waals surface area contributed by atoms with Crippen LogP contribution in [0.25, 0.3) is 43.6 Å². The van der Waals surface area contributed by atoms with Crippen molar-refractivity contribution in [3.8, 4) is 0 Å². The predicted molar refractivity (Wildman–Crippen MR) is 513 cm³/mol. The fraction of sp³-hybridized carbons (Fsp3) is 0.462. The van der Waals surface area contributed by atoms with Crippen molar-refractivity contribution in [2.45, 2.75) is 234 Å². The summed E-state index contributed by atoms with van der Waals surface area (Å²) in [6, 6.07) is 32.9. The second kappa shape index (κ2) is 40.5. The van der Waals surface area contributed by atoms with Crippen LogP contribution >= 0.6 is 0 Å². The number of hydrogen-bond donors (Lipinski definition) is 8. The van der Waals surface area contributed by atoms with Gasteiger partial charge in [0.05, 0.1) is 67.1 Å². The van der Waals surface area contributed by atoms with Crippen LogP contribution in [0.2, 0.25) is 0 Å². The molecule has 8 aliphatic carbocycles. The number of nitrogens with zero attached hydrogens (tertiary/aromatic N) is 12. The molecule has 8 fully saturated rings. The standard InChI is InChI=1S/2C27H33N5O.2C25H29N5O/c2*1-17(2)19-5-3-18(4-6-19)13-25(33)22-16-29-27(14-24(22)30-21-8-9-21)32-26-10-7-20-15-28-12-11-23(20)31-26;2*1-15(2)18-9-16(10-18)11-23(31)20-14-27-25(12-22(20)28-19-4-5-19)30-24-6-3-17-13-26-8-7-21(17)29-24/h2*7,10-12,14-19,21H,3-6,8-9,13H2,1-2H3,(H2,29,30,31,32);2*3,6-8,12-16,18-19H,4-5,9-11H2,1-2H3,(H2,27,28,29,30). The van der Waals surface area contributed by atoms with Crippen molar-refractivity contribution in [3.05, 3.63) is 194 Å². The molecule has 0 radical (unpaired) electrons. The van der Waals surface area contributed by atoms with Gasteiger partial charge in [0.1, 0.15) is 46.5 Å². The summed E-state index contributed by atoms with van der Waals surface area (Å²) in [5.41, 5.74) is 9.92. The number of ketones is 4. The van der Waals surface area contributed by atoms with Crippen LogP contribution in [0.1, 0.15) is 251 Å². The summed E-state index contributed by atoms with van der Waals surface area (Å²) in [6.07, 6.45) is 47.1. The van der Waals surface area contributed by atoms with Crippen LogP contribution in [0, 0.1) is 71.0 Å². The van der Waals surface area contributed by atoms with E-state index in [0.717, 1.165) is 213 Å². The first kappa shape index (κ1) is 88.0. The van der Waals surface area contributed by atoms with Crippen molar-refractivity contribution in [1.82, 2.24) is 59.8 Å². The molecule has 8 aliphatic rings. The minimum Gasteiger partial charge on any atom is -0.382 e.